The minimum absolute atomic E-state index is 0.0408. The molecule has 0 heterocycles. The van der Waals surface area contributed by atoms with E-state index in [0.717, 1.165) is 6.07 Å². The van der Waals surface area contributed by atoms with Crippen LogP contribution >= 0.6 is 0 Å². The number of methoxy groups -OCH3 is 1. The molecule has 0 unspecified atom stereocenters. The number of carbonyl (C=O) groups excluding carboxylic acids is 1. The van der Waals surface area contributed by atoms with E-state index in [1.165, 1.54) is 55.6 Å². The van der Waals surface area contributed by atoms with E-state index in [1.54, 1.807) is 31.2 Å². The summed E-state index contributed by atoms with van der Waals surface area (Å²) in [5.41, 5.74) is 1.49. The number of hydrogen-bond acceptors (Lipinski definition) is 4. The second-order valence-electron chi connectivity index (χ2n) is 7.87. The Kier molecular flexibility index (Phi) is 7.71. The summed E-state index contributed by atoms with van der Waals surface area (Å²) >= 11 is 0. The van der Waals surface area contributed by atoms with Gasteiger partial charge >= 0.3 is 5.97 Å². The zero-order chi connectivity index (χ0) is 25.7. The third kappa shape index (κ3) is 5.42. The third-order valence-corrected chi connectivity index (χ3v) is 5.61. The van der Waals surface area contributed by atoms with Gasteiger partial charge in [0, 0.05) is 23.3 Å². The van der Waals surface area contributed by atoms with Gasteiger partial charge in [0.2, 0.25) is 0 Å². The van der Waals surface area contributed by atoms with E-state index in [2.05, 4.69) is 0 Å². The Labute approximate surface area is 206 Å². The van der Waals surface area contributed by atoms with Gasteiger partial charge in [-0.05, 0) is 54.4 Å². The van der Waals surface area contributed by atoms with Gasteiger partial charge in [-0.1, -0.05) is 42.5 Å². The van der Waals surface area contributed by atoms with Crippen molar-refractivity contribution in [3.63, 3.8) is 0 Å². The molecule has 0 aliphatic carbocycles. The maximum atomic E-state index is 14.9. The molecule has 4 rings (SSSR count). The Morgan fingerprint density at radius 3 is 1.81 bits per heavy atom. The molecule has 0 fully saturated rings. The summed E-state index contributed by atoms with van der Waals surface area (Å²) in [5.74, 6) is -2.48. The van der Waals surface area contributed by atoms with Crippen LogP contribution in [0.15, 0.2) is 78.9 Å². The second kappa shape index (κ2) is 11.1. The molecule has 4 aromatic rings. The van der Waals surface area contributed by atoms with Crippen LogP contribution in [-0.4, -0.2) is 19.7 Å². The molecular weight excluding hydrogens is 469 g/mol. The minimum atomic E-state index is -0.990. The zero-order valence-corrected chi connectivity index (χ0v) is 19.7. The average molecular weight is 492 g/mol. The highest BCUT2D eigenvalue weighted by Crippen LogP contribution is 2.33. The van der Waals surface area contributed by atoms with Crippen LogP contribution in [-0.2, 0) is 11.3 Å². The van der Waals surface area contributed by atoms with Crippen molar-refractivity contribution in [2.24, 2.45) is 0 Å². The Morgan fingerprint density at radius 2 is 1.31 bits per heavy atom. The molecule has 36 heavy (non-hydrogen) atoms. The standard InChI is InChI=1S/C29H23F3O4/c1-3-35-17-21-5-4-20(16-26(21)30)29(33)36-23-12-8-19(9-13-23)25-15-14-24(27(31)28(25)32)18-6-10-22(34-2)11-7-18/h4-16H,3,17H2,1-2H3. The van der Waals surface area contributed by atoms with Crippen LogP contribution in [0.5, 0.6) is 11.5 Å². The van der Waals surface area contributed by atoms with Crippen LogP contribution in [0.1, 0.15) is 22.8 Å². The van der Waals surface area contributed by atoms with E-state index in [9.17, 15) is 18.0 Å². The molecular formula is C29H23F3O4. The molecule has 4 aromatic carbocycles. The highest BCUT2D eigenvalue weighted by atomic mass is 19.2. The number of rotatable bonds is 8. The molecule has 0 N–H and O–H groups in total. The number of ether oxygens (including phenoxy) is 3. The van der Waals surface area contributed by atoms with Gasteiger partial charge in [0.05, 0.1) is 19.3 Å². The summed E-state index contributed by atoms with van der Waals surface area (Å²) in [6.07, 6.45) is 0. The van der Waals surface area contributed by atoms with E-state index in [-0.39, 0.29) is 29.0 Å². The van der Waals surface area contributed by atoms with Gasteiger partial charge < -0.3 is 14.2 Å². The summed E-state index contributed by atoms with van der Waals surface area (Å²) < 4.78 is 59.6. The fourth-order valence-corrected chi connectivity index (χ4v) is 3.64. The van der Waals surface area contributed by atoms with E-state index < -0.39 is 23.4 Å². The molecule has 184 valence electrons. The minimum Gasteiger partial charge on any atom is -0.497 e. The maximum absolute atomic E-state index is 14.9. The van der Waals surface area contributed by atoms with Gasteiger partial charge in [-0.15, -0.1) is 0 Å². The molecule has 0 aliphatic rings. The van der Waals surface area contributed by atoms with E-state index in [4.69, 9.17) is 14.2 Å². The first-order valence-corrected chi connectivity index (χ1v) is 11.2. The summed E-state index contributed by atoms with van der Waals surface area (Å²) in [6.45, 7) is 2.36. The number of carbonyl (C=O) groups is 1. The fraction of sp³-hybridized carbons (Fsp3) is 0.138. The van der Waals surface area contributed by atoms with Crippen molar-refractivity contribution in [3.05, 3.63) is 107 Å². The van der Waals surface area contributed by atoms with Crippen LogP contribution in [0, 0.1) is 17.5 Å². The largest absolute Gasteiger partial charge is 0.497 e. The predicted molar refractivity (Wildman–Crippen MR) is 130 cm³/mol. The topological polar surface area (TPSA) is 44.8 Å². The molecule has 0 radical (unpaired) electrons. The highest BCUT2D eigenvalue weighted by Gasteiger charge is 2.17. The summed E-state index contributed by atoms with van der Waals surface area (Å²) in [7, 11) is 1.53. The van der Waals surface area contributed by atoms with E-state index >= 15 is 0 Å². The molecule has 0 atom stereocenters. The van der Waals surface area contributed by atoms with Crippen molar-refractivity contribution < 1.29 is 32.2 Å². The highest BCUT2D eigenvalue weighted by molar-refractivity contribution is 5.91. The van der Waals surface area contributed by atoms with Gasteiger partial charge in [-0.3, -0.25) is 0 Å². The lowest BCUT2D eigenvalue weighted by molar-refractivity contribution is 0.0734. The van der Waals surface area contributed by atoms with Gasteiger partial charge in [0.1, 0.15) is 17.3 Å². The molecule has 0 saturated carbocycles. The van der Waals surface area contributed by atoms with Crippen molar-refractivity contribution in [1.82, 2.24) is 0 Å². The van der Waals surface area contributed by atoms with E-state index in [1.807, 2.05) is 0 Å². The van der Waals surface area contributed by atoms with Crippen LogP contribution in [0.3, 0.4) is 0 Å². The van der Waals surface area contributed by atoms with Crippen molar-refractivity contribution in [2.75, 3.05) is 13.7 Å². The Hall–Kier alpha value is -4.10. The van der Waals surface area contributed by atoms with Crippen molar-refractivity contribution in [3.8, 4) is 33.8 Å². The monoisotopic (exact) mass is 492 g/mol. The maximum Gasteiger partial charge on any atom is 0.343 e. The summed E-state index contributed by atoms with van der Waals surface area (Å²) in [4.78, 5) is 12.4. The third-order valence-electron chi connectivity index (χ3n) is 5.61. The van der Waals surface area contributed by atoms with Gasteiger partial charge in [0.15, 0.2) is 11.6 Å². The van der Waals surface area contributed by atoms with Gasteiger partial charge in [0.25, 0.3) is 0 Å². The Morgan fingerprint density at radius 1 is 0.750 bits per heavy atom. The predicted octanol–water partition coefficient (Wildman–Crippen LogP) is 7.20. The molecule has 0 spiro atoms. The van der Waals surface area contributed by atoms with Crippen LogP contribution in [0.2, 0.25) is 0 Å². The van der Waals surface area contributed by atoms with Crippen LogP contribution < -0.4 is 9.47 Å². The van der Waals surface area contributed by atoms with Crippen molar-refractivity contribution in [1.29, 1.82) is 0 Å². The molecule has 0 aliphatic heterocycles. The lowest BCUT2D eigenvalue weighted by Crippen LogP contribution is -2.09. The molecule has 4 nitrogen and oxygen atoms in total. The lowest BCUT2D eigenvalue weighted by Gasteiger charge is -2.11. The first-order chi connectivity index (χ1) is 17.4. The van der Waals surface area contributed by atoms with Crippen molar-refractivity contribution in [2.45, 2.75) is 13.5 Å². The quantitative estimate of drug-likeness (QED) is 0.193. The van der Waals surface area contributed by atoms with Gasteiger partial charge in [-0.2, -0.15) is 0 Å². The molecule has 0 bridgehead atoms. The van der Waals surface area contributed by atoms with Crippen LogP contribution in [0.25, 0.3) is 22.3 Å². The molecule has 0 saturated heterocycles. The zero-order valence-electron chi connectivity index (χ0n) is 19.7. The Balaban J connectivity index is 1.49. The normalized spacial score (nSPS) is 10.8. The smallest absolute Gasteiger partial charge is 0.343 e. The SMILES string of the molecule is CCOCc1ccc(C(=O)Oc2ccc(-c3ccc(-c4ccc(OC)cc4)c(F)c3F)cc2)cc1F. The number of esters is 1. The van der Waals surface area contributed by atoms with Crippen LogP contribution in [0.4, 0.5) is 13.2 Å². The average Bonchev–Trinajstić information content (AvgIpc) is 2.90. The number of hydrogen-bond donors (Lipinski definition) is 0. The fourth-order valence-electron chi connectivity index (χ4n) is 3.64. The molecule has 7 heteroatoms. The van der Waals surface area contributed by atoms with Crippen molar-refractivity contribution >= 4 is 5.97 Å². The number of benzene rings is 4. The second-order valence-corrected chi connectivity index (χ2v) is 7.87. The summed E-state index contributed by atoms with van der Waals surface area (Å²) in [5, 5.41) is 0. The molecule has 0 amide bonds. The summed E-state index contributed by atoms with van der Waals surface area (Å²) in [6, 6.07) is 19.6. The first-order valence-electron chi connectivity index (χ1n) is 11.2. The molecule has 0 aromatic heterocycles. The number of halogens is 3. The van der Waals surface area contributed by atoms with E-state index in [0.29, 0.717) is 29.0 Å². The first kappa shape index (κ1) is 25.0. The Bertz CT molecular complexity index is 1370. The van der Waals surface area contributed by atoms with Gasteiger partial charge in [-0.25, -0.2) is 18.0 Å². The lowest BCUT2D eigenvalue weighted by atomic mass is 9.98.